The van der Waals surface area contributed by atoms with E-state index in [0.29, 0.717) is 10.7 Å². The third-order valence-electron chi connectivity index (χ3n) is 4.66. The van der Waals surface area contributed by atoms with Crippen LogP contribution in [-0.4, -0.2) is 16.9 Å². The molecular formula is C19H15ClF3N3O. The molecule has 1 aromatic heterocycles. The summed E-state index contributed by atoms with van der Waals surface area (Å²) in [6.45, 7) is 0. The SMILES string of the molecule is O=C(Nc1ccc(C2CC(F)(F)C2)c(F)c1)Nc1cc(Cl)c2cc[nH]c2c1. The number of benzene rings is 2. The molecule has 0 radical (unpaired) electrons. The Balaban J connectivity index is 1.44. The Morgan fingerprint density at radius 1 is 1.11 bits per heavy atom. The highest BCUT2D eigenvalue weighted by Crippen LogP contribution is 2.49. The first-order chi connectivity index (χ1) is 12.8. The first kappa shape index (κ1) is 17.7. The number of nitrogens with one attached hydrogen (secondary N) is 3. The van der Waals surface area contributed by atoms with Gasteiger partial charge in [0, 0.05) is 41.3 Å². The van der Waals surface area contributed by atoms with E-state index in [1.165, 1.54) is 12.1 Å². The van der Waals surface area contributed by atoms with E-state index in [2.05, 4.69) is 15.6 Å². The predicted molar refractivity (Wildman–Crippen MR) is 99.3 cm³/mol. The van der Waals surface area contributed by atoms with Crippen molar-refractivity contribution < 1.29 is 18.0 Å². The Labute approximate surface area is 157 Å². The molecule has 1 aliphatic rings. The lowest BCUT2D eigenvalue weighted by molar-refractivity contribution is -0.0873. The number of carbonyl (C=O) groups excluding carboxylic acids is 1. The van der Waals surface area contributed by atoms with E-state index >= 15 is 0 Å². The summed E-state index contributed by atoms with van der Waals surface area (Å²) in [7, 11) is 0. The summed E-state index contributed by atoms with van der Waals surface area (Å²) in [6.07, 6.45) is 1.04. The number of aromatic nitrogens is 1. The minimum absolute atomic E-state index is 0.229. The summed E-state index contributed by atoms with van der Waals surface area (Å²) < 4.78 is 40.1. The lowest BCUT2D eigenvalue weighted by Gasteiger charge is -2.35. The number of amides is 2. The van der Waals surface area contributed by atoms with Gasteiger partial charge in [0.15, 0.2) is 0 Å². The van der Waals surface area contributed by atoms with Gasteiger partial charge in [0.05, 0.1) is 5.02 Å². The van der Waals surface area contributed by atoms with Gasteiger partial charge in [-0.25, -0.2) is 18.0 Å². The zero-order valence-corrected chi connectivity index (χ0v) is 14.7. The minimum Gasteiger partial charge on any atom is -0.361 e. The van der Waals surface area contributed by atoms with Crippen molar-refractivity contribution in [3.63, 3.8) is 0 Å². The van der Waals surface area contributed by atoms with Crippen LogP contribution in [0.2, 0.25) is 5.02 Å². The van der Waals surface area contributed by atoms with E-state index < -0.39 is 23.7 Å². The molecule has 2 aromatic carbocycles. The zero-order valence-electron chi connectivity index (χ0n) is 14.0. The second-order valence-corrected chi connectivity index (χ2v) is 7.08. The smallest absolute Gasteiger partial charge is 0.323 e. The van der Waals surface area contributed by atoms with Crippen LogP contribution in [0.3, 0.4) is 0 Å². The highest BCUT2D eigenvalue weighted by Gasteiger charge is 2.46. The van der Waals surface area contributed by atoms with E-state index in [0.717, 1.165) is 17.0 Å². The number of hydrogen-bond donors (Lipinski definition) is 3. The molecule has 3 N–H and O–H groups in total. The summed E-state index contributed by atoms with van der Waals surface area (Å²) in [5.74, 6) is -3.81. The van der Waals surface area contributed by atoms with Crippen molar-refractivity contribution in [1.29, 1.82) is 0 Å². The standard InChI is InChI=1S/C19H15ClF3N3O/c20-15-5-12(7-17-14(15)3-4-24-17)26-18(27)25-11-1-2-13(16(21)6-11)10-8-19(22,23)9-10/h1-7,10,24H,8-9H2,(H2,25,26,27). The fraction of sp³-hybridized carbons (Fsp3) is 0.211. The molecule has 4 nitrogen and oxygen atoms in total. The molecule has 0 saturated heterocycles. The van der Waals surface area contributed by atoms with Gasteiger partial charge in [-0.2, -0.15) is 0 Å². The Hall–Kier alpha value is -2.67. The Kier molecular flexibility index (Phi) is 4.26. The molecule has 0 bridgehead atoms. The topological polar surface area (TPSA) is 56.9 Å². The van der Waals surface area contributed by atoms with Crippen LogP contribution < -0.4 is 10.6 Å². The molecule has 4 rings (SSSR count). The van der Waals surface area contributed by atoms with E-state index in [9.17, 15) is 18.0 Å². The van der Waals surface area contributed by atoms with Gasteiger partial charge in [-0.05, 0) is 41.8 Å². The fourth-order valence-corrected chi connectivity index (χ4v) is 3.59. The number of fused-ring (bicyclic) bond motifs is 1. The summed E-state index contributed by atoms with van der Waals surface area (Å²) in [5.41, 5.74) is 1.72. The summed E-state index contributed by atoms with van der Waals surface area (Å²) in [4.78, 5) is 15.2. The van der Waals surface area contributed by atoms with Gasteiger partial charge in [0.25, 0.3) is 0 Å². The number of H-pyrrole nitrogens is 1. The molecule has 1 fully saturated rings. The van der Waals surface area contributed by atoms with Crippen LogP contribution in [0.25, 0.3) is 10.9 Å². The van der Waals surface area contributed by atoms with Gasteiger partial charge in [0.2, 0.25) is 5.92 Å². The average Bonchev–Trinajstić information content (AvgIpc) is 3.01. The van der Waals surface area contributed by atoms with Crippen molar-refractivity contribution in [2.75, 3.05) is 10.6 Å². The molecule has 140 valence electrons. The number of aromatic amines is 1. The summed E-state index contributed by atoms with van der Waals surface area (Å²) >= 11 is 6.16. The third kappa shape index (κ3) is 3.60. The number of alkyl halides is 2. The monoisotopic (exact) mass is 393 g/mol. The van der Waals surface area contributed by atoms with E-state index in [1.807, 2.05) is 6.07 Å². The lowest BCUT2D eigenvalue weighted by Crippen LogP contribution is -2.34. The van der Waals surface area contributed by atoms with E-state index in [4.69, 9.17) is 11.6 Å². The second-order valence-electron chi connectivity index (χ2n) is 6.67. The molecule has 1 saturated carbocycles. The van der Waals surface area contributed by atoms with Crippen molar-refractivity contribution in [1.82, 2.24) is 4.98 Å². The quantitative estimate of drug-likeness (QED) is 0.493. The van der Waals surface area contributed by atoms with Crippen LogP contribution in [-0.2, 0) is 0 Å². The van der Waals surface area contributed by atoms with Crippen LogP contribution in [0.1, 0.15) is 24.3 Å². The first-order valence-electron chi connectivity index (χ1n) is 8.33. The van der Waals surface area contributed by atoms with Gasteiger partial charge in [-0.15, -0.1) is 0 Å². The molecule has 8 heteroatoms. The maximum Gasteiger partial charge on any atom is 0.323 e. The van der Waals surface area contributed by atoms with Crippen LogP contribution >= 0.6 is 11.6 Å². The molecule has 1 aliphatic carbocycles. The molecular weight excluding hydrogens is 379 g/mol. The molecule has 2 amide bonds. The highest BCUT2D eigenvalue weighted by molar-refractivity contribution is 6.35. The molecule has 0 spiro atoms. The lowest BCUT2D eigenvalue weighted by atomic mass is 9.76. The highest BCUT2D eigenvalue weighted by atomic mass is 35.5. The van der Waals surface area contributed by atoms with Gasteiger partial charge >= 0.3 is 6.03 Å². The van der Waals surface area contributed by atoms with Crippen LogP contribution in [0.15, 0.2) is 42.6 Å². The van der Waals surface area contributed by atoms with Crippen LogP contribution in [0.4, 0.5) is 29.3 Å². The summed E-state index contributed by atoms with van der Waals surface area (Å²) in [5, 5.41) is 6.46. The number of halogens is 4. The van der Waals surface area contributed by atoms with Crippen molar-refractivity contribution in [3.8, 4) is 0 Å². The van der Waals surface area contributed by atoms with Gasteiger partial charge in [0.1, 0.15) is 5.82 Å². The molecule has 27 heavy (non-hydrogen) atoms. The molecule has 1 heterocycles. The fourth-order valence-electron chi connectivity index (χ4n) is 3.30. The van der Waals surface area contributed by atoms with Crippen molar-refractivity contribution in [3.05, 3.63) is 59.0 Å². The largest absolute Gasteiger partial charge is 0.361 e. The average molecular weight is 394 g/mol. The third-order valence-corrected chi connectivity index (χ3v) is 4.98. The molecule has 0 atom stereocenters. The number of hydrogen-bond acceptors (Lipinski definition) is 1. The number of anilines is 2. The van der Waals surface area contributed by atoms with E-state index in [1.54, 1.807) is 18.3 Å². The minimum atomic E-state index is -2.71. The van der Waals surface area contributed by atoms with Gasteiger partial charge < -0.3 is 15.6 Å². The number of rotatable bonds is 3. The van der Waals surface area contributed by atoms with Crippen LogP contribution in [0, 0.1) is 5.82 Å². The van der Waals surface area contributed by atoms with Crippen molar-refractivity contribution >= 4 is 39.9 Å². The maximum absolute atomic E-state index is 14.2. The van der Waals surface area contributed by atoms with Crippen LogP contribution in [0.5, 0.6) is 0 Å². The zero-order chi connectivity index (χ0) is 19.2. The van der Waals surface area contributed by atoms with Crippen molar-refractivity contribution in [2.45, 2.75) is 24.7 Å². The first-order valence-corrected chi connectivity index (χ1v) is 8.70. The summed E-state index contributed by atoms with van der Waals surface area (Å²) in [6, 6.07) is 8.65. The Bertz CT molecular complexity index is 1030. The molecule has 0 unspecified atom stereocenters. The van der Waals surface area contributed by atoms with Crippen molar-refractivity contribution in [2.24, 2.45) is 0 Å². The van der Waals surface area contributed by atoms with Gasteiger partial charge in [-0.3, -0.25) is 0 Å². The molecule has 0 aliphatic heterocycles. The molecule has 3 aromatic rings. The maximum atomic E-state index is 14.2. The second kappa shape index (κ2) is 6.49. The Morgan fingerprint density at radius 2 is 1.85 bits per heavy atom. The van der Waals surface area contributed by atoms with Gasteiger partial charge in [-0.1, -0.05) is 17.7 Å². The number of carbonyl (C=O) groups is 1. The predicted octanol–water partition coefficient (Wildman–Crippen LogP) is 6.12. The van der Waals surface area contributed by atoms with E-state index in [-0.39, 0.29) is 24.1 Å². The normalized spacial score (nSPS) is 16.1. The Morgan fingerprint density at radius 3 is 2.56 bits per heavy atom. The number of urea groups is 1.